The van der Waals surface area contributed by atoms with Crippen molar-refractivity contribution in [1.82, 2.24) is 10.2 Å². The van der Waals surface area contributed by atoms with Crippen molar-refractivity contribution >= 4 is 29.3 Å². The monoisotopic (exact) mass is 476 g/mol. The molecule has 2 fully saturated rings. The van der Waals surface area contributed by atoms with Crippen molar-refractivity contribution in [2.24, 2.45) is 17.6 Å². The van der Waals surface area contributed by atoms with Crippen LogP contribution in [0.5, 0.6) is 11.5 Å². The maximum Gasteiger partial charge on any atom is 0.250 e. The second-order valence-electron chi connectivity index (χ2n) is 9.33. The first-order valence-electron chi connectivity index (χ1n) is 11.6. The summed E-state index contributed by atoms with van der Waals surface area (Å²) in [6, 6.07) is 10.0. The fraction of sp³-hybridized carbons (Fsp3) is 0.360. The average Bonchev–Trinajstić information content (AvgIpc) is 3.55. The molecule has 1 spiro atoms. The van der Waals surface area contributed by atoms with E-state index in [-0.39, 0.29) is 19.8 Å². The second-order valence-corrected chi connectivity index (χ2v) is 9.33. The van der Waals surface area contributed by atoms with E-state index in [0.717, 1.165) is 5.56 Å². The number of amides is 4. The van der Waals surface area contributed by atoms with Crippen LogP contribution in [0.4, 0.5) is 5.69 Å². The van der Waals surface area contributed by atoms with E-state index in [9.17, 15) is 19.2 Å². The number of para-hydroxylation sites is 1. The van der Waals surface area contributed by atoms with E-state index >= 15 is 0 Å². The molecule has 0 aromatic heterocycles. The largest absolute Gasteiger partial charge is 0.454 e. The summed E-state index contributed by atoms with van der Waals surface area (Å²) >= 11 is 0. The number of carbonyl (C=O) groups excluding carboxylic acids is 4. The van der Waals surface area contributed by atoms with Gasteiger partial charge in [0.05, 0.1) is 18.4 Å². The summed E-state index contributed by atoms with van der Waals surface area (Å²) in [6.07, 6.45) is 0.511. The van der Waals surface area contributed by atoms with Crippen molar-refractivity contribution < 1.29 is 28.7 Å². The molecule has 2 saturated heterocycles. The third-order valence-electron chi connectivity index (χ3n) is 7.51. The maximum atomic E-state index is 13.9. The lowest BCUT2D eigenvalue weighted by molar-refractivity contribution is -0.143. The van der Waals surface area contributed by atoms with Gasteiger partial charge in [0.1, 0.15) is 5.54 Å². The number of nitrogens with two attached hydrogens (primary N) is 1. The summed E-state index contributed by atoms with van der Waals surface area (Å²) in [5.41, 5.74) is 6.93. The zero-order chi connectivity index (χ0) is 24.5. The molecule has 4 aliphatic heterocycles. The molecule has 6 rings (SSSR count). The second kappa shape index (κ2) is 7.54. The Bertz CT molecular complexity index is 1310. The minimum absolute atomic E-state index is 0.0180. The highest BCUT2D eigenvalue weighted by Gasteiger charge is 2.70. The Morgan fingerprint density at radius 1 is 1.14 bits per heavy atom. The lowest BCUT2D eigenvalue weighted by atomic mass is 9.76. The van der Waals surface area contributed by atoms with Crippen LogP contribution in [0.2, 0.25) is 0 Å². The summed E-state index contributed by atoms with van der Waals surface area (Å²) < 4.78 is 10.8. The van der Waals surface area contributed by atoms with Gasteiger partial charge in [-0.05, 0) is 29.7 Å². The number of carbonyl (C=O) groups is 4. The Hall–Kier alpha value is -3.92. The Morgan fingerprint density at radius 3 is 2.71 bits per heavy atom. The Kier molecular flexibility index (Phi) is 4.65. The van der Waals surface area contributed by atoms with Gasteiger partial charge in [0, 0.05) is 23.7 Å². The molecule has 0 unspecified atom stereocenters. The van der Waals surface area contributed by atoms with Crippen molar-refractivity contribution in [2.75, 3.05) is 12.1 Å². The van der Waals surface area contributed by atoms with Gasteiger partial charge in [-0.15, -0.1) is 0 Å². The fourth-order valence-corrected chi connectivity index (χ4v) is 6.01. The van der Waals surface area contributed by atoms with Crippen molar-refractivity contribution in [3.05, 3.63) is 53.1 Å². The van der Waals surface area contributed by atoms with Crippen molar-refractivity contribution in [2.45, 2.75) is 37.9 Å². The van der Waals surface area contributed by atoms with Crippen LogP contribution in [0, 0.1) is 11.8 Å². The number of hydrogen-bond acceptors (Lipinski definition) is 7. The number of aryl methyl sites for hydroxylation is 1. The van der Waals surface area contributed by atoms with Gasteiger partial charge in [-0.25, -0.2) is 0 Å². The number of hydrogen-bond donors (Lipinski definition) is 3. The number of rotatable bonds is 5. The Balaban J connectivity index is 1.42. The van der Waals surface area contributed by atoms with Gasteiger partial charge >= 0.3 is 0 Å². The van der Waals surface area contributed by atoms with Crippen LogP contribution in [0.3, 0.4) is 0 Å². The first kappa shape index (κ1) is 21.6. The van der Waals surface area contributed by atoms with E-state index in [0.29, 0.717) is 34.7 Å². The molecular weight excluding hydrogens is 452 g/mol. The number of primary amides is 1. The molecule has 0 radical (unpaired) electrons. The summed E-state index contributed by atoms with van der Waals surface area (Å²) in [5.74, 6) is -2.66. The first-order chi connectivity index (χ1) is 16.8. The van der Waals surface area contributed by atoms with E-state index in [1.807, 2.05) is 19.1 Å². The molecule has 0 aliphatic carbocycles. The van der Waals surface area contributed by atoms with E-state index in [1.54, 1.807) is 24.3 Å². The van der Waals surface area contributed by atoms with Crippen LogP contribution in [0.25, 0.3) is 0 Å². The number of ether oxygens (including phenoxy) is 2. The number of imide groups is 1. The molecule has 4 aliphatic rings. The maximum absolute atomic E-state index is 13.9. The molecule has 0 bridgehead atoms. The third kappa shape index (κ3) is 2.92. The van der Waals surface area contributed by atoms with Crippen LogP contribution in [-0.4, -0.2) is 41.4 Å². The molecule has 2 aromatic rings. The quantitative estimate of drug-likeness (QED) is 0.542. The van der Waals surface area contributed by atoms with Crippen molar-refractivity contribution in [3.63, 3.8) is 0 Å². The SMILES string of the molecule is CCc1cccc2c1NC(=O)[C@@]21N[C@H](CC(N)=O)[C@H]2C(=O)N(Cc3ccc4c(c3)OCO4)C(=O)[C@@H]21. The molecule has 4 amide bonds. The minimum atomic E-state index is -1.46. The molecule has 10 heteroatoms. The lowest BCUT2D eigenvalue weighted by Crippen LogP contribution is -2.53. The van der Waals surface area contributed by atoms with Gasteiger partial charge < -0.3 is 20.5 Å². The van der Waals surface area contributed by atoms with Gasteiger partial charge in [-0.3, -0.25) is 29.4 Å². The summed E-state index contributed by atoms with van der Waals surface area (Å²) in [4.78, 5) is 54.1. The zero-order valence-corrected chi connectivity index (χ0v) is 19.0. The Morgan fingerprint density at radius 2 is 1.94 bits per heavy atom. The highest BCUT2D eigenvalue weighted by molar-refractivity contribution is 6.15. The van der Waals surface area contributed by atoms with E-state index in [2.05, 4.69) is 10.6 Å². The molecule has 4 atom stereocenters. The predicted octanol–water partition coefficient (Wildman–Crippen LogP) is 0.774. The zero-order valence-electron chi connectivity index (χ0n) is 19.0. The number of benzene rings is 2. The van der Waals surface area contributed by atoms with Crippen LogP contribution in [-0.2, 0) is 37.7 Å². The average molecular weight is 476 g/mol. The van der Waals surface area contributed by atoms with Gasteiger partial charge in [0.25, 0.3) is 0 Å². The van der Waals surface area contributed by atoms with Gasteiger partial charge in [-0.1, -0.05) is 31.2 Å². The van der Waals surface area contributed by atoms with E-state index in [4.69, 9.17) is 15.2 Å². The van der Waals surface area contributed by atoms with Crippen LogP contribution in [0.1, 0.15) is 30.0 Å². The smallest absolute Gasteiger partial charge is 0.250 e. The highest BCUT2D eigenvalue weighted by Crippen LogP contribution is 2.54. The highest BCUT2D eigenvalue weighted by atomic mass is 16.7. The number of nitrogens with one attached hydrogen (secondary N) is 2. The van der Waals surface area contributed by atoms with Crippen molar-refractivity contribution in [3.8, 4) is 11.5 Å². The van der Waals surface area contributed by atoms with Crippen LogP contribution >= 0.6 is 0 Å². The van der Waals surface area contributed by atoms with Crippen LogP contribution in [0.15, 0.2) is 36.4 Å². The van der Waals surface area contributed by atoms with E-state index < -0.39 is 47.0 Å². The van der Waals surface area contributed by atoms with Gasteiger partial charge in [0.2, 0.25) is 30.4 Å². The van der Waals surface area contributed by atoms with Gasteiger partial charge in [-0.2, -0.15) is 0 Å². The summed E-state index contributed by atoms with van der Waals surface area (Å²) in [5, 5.41) is 6.15. The molecular formula is C25H24N4O6. The molecule has 35 heavy (non-hydrogen) atoms. The normalized spacial score (nSPS) is 28.0. The van der Waals surface area contributed by atoms with Gasteiger partial charge in [0.15, 0.2) is 11.5 Å². The molecule has 180 valence electrons. The van der Waals surface area contributed by atoms with Crippen LogP contribution < -0.4 is 25.8 Å². The third-order valence-corrected chi connectivity index (χ3v) is 7.51. The minimum Gasteiger partial charge on any atom is -0.454 e. The molecule has 0 saturated carbocycles. The summed E-state index contributed by atoms with van der Waals surface area (Å²) in [7, 11) is 0. The predicted molar refractivity (Wildman–Crippen MR) is 122 cm³/mol. The standard InChI is InChI=1S/C25H24N4O6/c1-2-13-4-3-5-14-21(13)27-24(33)25(14)20-19(15(28-25)9-18(26)30)22(31)29(23(20)32)10-12-6-7-16-17(8-12)35-11-34-16/h3-8,15,19-20,28H,2,9-11H2,1H3,(H2,26,30)(H,27,33)/t15-,19-,20-,25-/m1/s1. The topological polar surface area (TPSA) is 140 Å². The van der Waals surface area contributed by atoms with Crippen molar-refractivity contribution in [1.29, 1.82) is 0 Å². The Labute approximate surface area is 200 Å². The van der Waals surface area contributed by atoms with E-state index in [1.165, 1.54) is 4.90 Å². The number of nitrogens with zero attached hydrogens (tertiary/aromatic N) is 1. The molecule has 4 N–H and O–H groups in total. The number of fused-ring (bicyclic) bond motifs is 5. The molecule has 2 aromatic carbocycles. The molecule has 4 heterocycles. The fourth-order valence-electron chi connectivity index (χ4n) is 6.01. The summed E-state index contributed by atoms with van der Waals surface area (Å²) in [6.45, 7) is 2.11. The molecule has 10 nitrogen and oxygen atoms in total. The lowest BCUT2D eigenvalue weighted by Gasteiger charge is -2.29. The number of likely N-dealkylation sites (tertiary alicyclic amines) is 1. The first-order valence-corrected chi connectivity index (χ1v) is 11.6. The number of anilines is 1.